The summed E-state index contributed by atoms with van der Waals surface area (Å²) in [5, 5.41) is 9.30. The van der Waals surface area contributed by atoms with Gasteiger partial charge in [-0.2, -0.15) is 5.10 Å². The van der Waals surface area contributed by atoms with E-state index >= 15 is 0 Å². The third kappa shape index (κ3) is 5.04. The number of nitrogens with one attached hydrogen (secondary N) is 1. The van der Waals surface area contributed by atoms with Crippen LogP contribution in [0.2, 0.25) is 0 Å². The minimum Gasteiger partial charge on any atom is -0.489 e. The molecule has 2 aromatic carbocycles. The van der Waals surface area contributed by atoms with Gasteiger partial charge < -0.3 is 19.5 Å². The van der Waals surface area contributed by atoms with Crippen molar-refractivity contribution in [2.75, 3.05) is 12.1 Å². The Labute approximate surface area is 203 Å². The Kier molecular flexibility index (Phi) is 6.06. The van der Waals surface area contributed by atoms with Crippen LogP contribution in [0.5, 0.6) is 17.2 Å². The van der Waals surface area contributed by atoms with Crippen LogP contribution < -0.4 is 19.5 Å². The van der Waals surface area contributed by atoms with Gasteiger partial charge in [0.1, 0.15) is 12.4 Å². The summed E-state index contributed by atoms with van der Waals surface area (Å²) in [5.74, 6) is 2.34. The largest absolute Gasteiger partial charge is 0.489 e. The number of ether oxygens (including phenoxy) is 3. The molecular formula is C24H20BrN3O4S. The maximum Gasteiger partial charge on any atom is 0.266 e. The molecule has 0 saturated carbocycles. The van der Waals surface area contributed by atoms with Crippen LogP contribution >= 0.6 is 27.3 Å². The maximum absolute atomic E-state index is 12.8. The number of hydrogen-bond acceptors (Lipinski definition) is 6. The summed E-state index contributed by atoms with van der Waals surface area (Å²) in [6.07, 6.45) is 1.86. The predicted molar refractivity (Wildman–Crippen MR) is 129 cm³/mol. The van der Waals surface area contributed by atoms with E-state index in [1.807, 2.05) is 35.8 Å². The molecule has 168 valence electrons. The van der Waals surface area contributed by atoms with Crippen molar-refractivity contribution in [1.29, 1.82) is 0 Å². The number of rotatable bonds is 7. The van der Waals surface area contributed by atoms with E-state index in [0.29, 0.717) is 41.1 Å². The van der Waals surface area contributed by atoms with Gasteiger partial charge in [-0.25, -0.2) is 0 Å². The molecule has 0 saturated heterocycles. The van der Waals surface area contributed by atoms with Crippen molar-refractivity contribution in [3.8, 4) is 17.2 Å². The number of anilines is 1. The van der Waals surface area contributed by atoms with Crippen LogP contribution in [0.25, 0.3) is 0 Å². The zero-order valence-electron chi connectivity index (χ0n) is 17.7. The fourth-order valence-electron chi connectivity index (χ4n) is 3.43. The smallest absolute Gasteiger partial charge is 0.266 e. The van der Waals surface area contributed by atoms with E-state index in [-0.39, 0.29) is 12.7 Å². The summed E-state index contributed by atoms with van der Waals surface area (Å²) in [5.41, 5.74) is 3.25. The topological polar surface area (TPSA) is 74.6 Å². The molecule has 0 radical (unpaired) electrons. The van der Waals surface area contributed by atoms with Crippen LogP contribution in [0.3, 0.4) is 0 Å². The van der Waals surface area contributed by atoms with E-state index in [1.54, 1.807) is 10.7 Å². The number of fused-ring (bicyclic) bond motifs is 1. The Bertz CT molecular complexity index is 1320. The minimum atomic E-state index is -0.212. The molecule has 1 aliphatic rings. The predicted octanol–water partition coefficient (Wildman–Crippen LogP) is 5.62. The Morgan fingerprint density at radius 1 is 1.18 bits per heavy atom. The Morgan fingerprint density at radius 3 is 2.94 bits per heavy atom. The number of halogens is 1. The Morgan fingerprint density at radius 2 is 2.06 bits per heavy atom. The number of amides is 1. The van der Waals surface area contributed by atoms with Gasteiger partial charge in [-0.05, 0) is 52.0 Å². The maximum atomic E-state index is 12.8. The summed E-state index contributed by atoms with van der Waals surface area (Å²) in [7, 11) is 0. The highest BCUT2D eigenvalue weighted by Crippen LogP contribution is 2.35. The molecule has 0 unspecified atom stereocenters. The molecule has 33 heavy (non-hydrogen) atoms. The van der Waals surface area contributed by atoms with Gasteiger partial charge in [0.2, 0.25) is 6.79 Å². The minimum absolute atomic E-state index is 0.212. The average molecular weight is 526 g/mol. The number of aromatic nitrogens is 2. The molecule has 0 atom stereocenters. The molecule has 5 rings (SSSR count). The van der Waals surface area contributed by atoms with Gasteiger partial charge in [-0.1, -0.05) is 29.8 Å². The lowest BCUT2D eigenvalue weighted by molar-refractivity contribution is 0.103. The highest BCUT2D eigenvalue weighted by Gasteiger charge is 2.16. The average Bonchev–Trinajstić information content (AvgIpc) is 3.52. The van der Waals surface area contributed by atoms with E-state index in [4.69, 9.17) is 14.2 Å². The molecule has 1 N–H and O–H groups in total. The number of carbonyl (C=O) groups excluding carboxylic acids is 1. The van der Waals surface area contributed by atoms with Crippen molar-refractivity contribution >= 4 is 39.0 Å². The zero-order chi connectivity index (χ0) is 22.8. The zero-order valence-corrected chi connectivity index (χ0v) is 20.1. The fraction of sp³-hybridized carbons (Fsp3) is 0.167. The lowest BCUT2D eigenvalue weighted by atomic mass is 10.1. The molecule has 3 heterocycles. The van der Waals surface area contributed by atoms with E-state index in [2.05, 4.69) is 51.5 Å². The Balaban J connectivity index is 1.20. The molecule has 7 nitrogen and oxygen atoms in total. The molecule has 1 aliphatic heterocycles. The second-order valence-electron chi connectivity index (χ2n) is 7.59. The third-order valence-electron chi connectivity index (χ3n) is 5.00. The standard InChI is InChI=1S/C24H20BrN3O4S/c1-15-3-2-4-16(7-15)10-28-11-19(25)23(27-28)26-24(29)22-8-17(13-33-22)12-30-18-5-6-20-21(9-18)32-14-31-20/h2-9,11,13H,10,12,14H2,1H3,(H,26,27,29). The molecule has 1 amide bonds. The van der Waals surface area contributed by atoms with E-state index < -0.39 is 0 Å². The quantitative estimate of drug-likeness (QED) is 0.338. The monoisotopic (exact) mass is 525 g/mol. The van der Waals surface area contributed by atoms with Gasteiger partial charge >= 0.3 is 0 Å². The van der Waals surface area contributed by atoms with Crippen molar-refractivity contribution in [3.05, 3.63) is 86.1 Å². The van der Waals surface area contributed by atoms with Crippen LogP contribution in [0, 0.1) is 6.92 Å². The van der Waals surface area contributed by atoms with E-state index in [9.17, 15) is 4.79 Å². The van der Waals surface area contributed by atoms with Crippen LogP contribution in [0.1, 0.15) is 26.4 Å². The second-order valence-corrected chi connectivity index (χ2v) is 9.35. The van der Waals surface area contributed by atoms with Gasteiger partial charge in [0.25, 0.3) is 5.91 Å². The Hall–Kier alpha value is -3.30. The first-order valence-electron chi connectivity index (χ1n) is 10.2. The van der Waals surface area contributed by atoms with Gasteiger partial charge in [-0.15, -0.1) is 11.3 Å². The molecule has 0 aliphatic carbocycles. The lowest BCUT2D eigenvalue weighted by Gasteiger charge is -2.05. The third-order valence-corrected chi connectivity index (χ3v) is 6.56. The summed E-state index contributed by atoms with van der Waals surface area (Å²) in [6.45, 7) is 3.25. The molecule has 0 bridgehead atoms. The van der Waals surface area contributed by atoms with Crippen molar-refractivity contribution in [3.63, 3.8) is 0 Å². The molecule has 9 heteroatoms. The van der Waals surface area contributed by atoms with Crippen molar-refractivity contribution < 1.29 is 19.0 Å². The number of nitrogens with zero attached hydrogens (tertiary/aromatic N) is 2. The molecule has 4 aromatic rings. The summed E-state index contributed by atoms with van der Waals surface area (Å²) in [4.78, 5) is 13.3. The van der Waals surface area contributed by atoms with Gasteiger partial charge in [0.05, 0.1) is 15.9 Å². The fourth-order valence-corrected chi connectivity index (χ4v) is 4.64. The number of benzene rings is 2. The van der Waals surface area contributed by atoms with Gasteiger partial charge in [-0.3, -0.25) is 9.48 Å². The van der Waals surface area contributed by atoms with Crippen LogP contribution in [0.15, 0.2) is 64.6 Å². The normalized spacial score (nSPS) is 12.1. The van der Waals surface area contributed by atoms with Crippen LogP contribution in [-0.2, 0) is 13.2 Å². The molecule has 0 spiro atoms. The number of aryl methyl sites for hydroxylation is 1. The first-order chi connectivity index (χ1) is 16.0. The summed E-state index contributed by atoms with van der Waals surface area (Å²) >= 11 is 4.85. The van der Waals surface area contributed by atoms with Crippen molar-refractivity contribution in [1.82, 2.24) is 9.78 Å². The van der Waals surface area contributed by atoms with Crippen molar-refractivity contribution in [2.45, 2.75) is 20.1 Å². The highest BCUT2D eigenvalue weighted by atomic mass is 79.9. The first-order valence-corrected chi connectivity index (χ1v) is 11.9. The molecule has 0 fully saturated rings. The SMILES string of the molecule is Cc1cccc(Cn2cc(Br)c(NC(=O)c3cc(COc4ccc5c(c4)OCO5)cs3)n2)c1. The highest BCUT2D eigenvalue weighted by molar-refractivity contribution is 9.10. The first kappa shape index (κ1) is 21.5. The molecular weight excluding hydrogens is 506 g/mol. The number of thiophene rings is 1. The van der Waals surface area contributed by atoms with Crippen molar-refractivity contribution in [2.24, 2.45) is 0 Å². The van der Waals surface area contributed by atoms with E-state index in [0.717, 1.165) is 15.6 Å². The second kappa shape index (κ2) is 9.29. The van der Waals surface area contributed by atoms with Gasteiger partial charge in [0, 0.05) is 17.8 Å². The summed E-state index contributed by atoms with van der Waals surface area (Å²) in [6, 6.07) is 15.5. The number of hydrogen-bond donors (Lipinski definition) is 1. The van der Waals surface area contributed by atoms with Crippen LogP contribution in [-0.4, -0.2) is 22.5 Å². The summed E-state index contributed by atoms with van der Waals surface area (Å²) < 4.78 is 19.0. The number of carbonyl (C=O) groups is 1. The van der Waals surface area contributed by atoms with Crippen LogP contribution in [0.4, 0.5) is 5.82 Å². The van der Waals surface area contributed by atoms with E-state index in [1.165, 1.54) is 16.9 Å². The molecule has 2 aromatic heterocycles. The van der Waals surface area contributed by atoms with Gasteiger partial charge in [0.15, 0.2) is 17.3 Å². The lowest BCUT2D eigenvalue weighted by Crippen LogP contribution is -2.11.